The lowest BCUT2D eigenvalue weighted by atomic mass is 10.1. The van der Waals surface area contributed by atoms with Gasteiger partial charge in [0, 0.05) is 18.2 Å². The first-order chi connectivity index (χ1) is 5.07. The van der Waals surface area contributed by atoms with Crippen LogP contribution in [0.2, 0.25) is 0 Å². The Morgan fingerprint density at radius 3 is 2.27 bits per heavy atom. The predicted octanol–water partition coefficient (Wildman–Crippen LogP) is 2.51. The van der Waals surface area contributed by atoms with Crippen molar-refractivity contribution in [3.8, 4) is 0 Å². The van der Waals surface area contributed by atoms with Crippen LogP contribution in [0.3, 0.4) is 0 Å². The zero-order valence-electron chi connectivity index (χ0n) is 5.77. The maximum atomic E-state index is 10.1. The second-order valence-corrected chi connectivity index (χ2v) is 3.65. The molecule has 0 aromatic heterocycles. The third-order valence-corrected chi connectivity index (χ3v) is 2.39. The van der Waals surface area contributed by atoms with Crippen LogP contribution in [0.4, 0.5) is 0 Å². The smallest absolute Gasteiger partial charge is 0.303 e. The van der Waals surface area contributed by atoms with E-state index in [0.717, 1.165) is 0 Å². The van der Waals surface area contributed by atoms with E-state index >= 15 is 0 Å². The highest BCUT2D eigenvalue weighted by Gasteiger charge is 2.16. The largest absolute Gasteiger partial charge is 0.481 e. The molecule has 0 rings (SSSR count). The maximum Gasteiger partial charge on any atom is 0.303 e. The van der Waals surface area contributed by atoms with E-state index in [1.165, 1.54) is 0 Å². The third-order valence-electron chi connectivity index (χ3n) is 1.28. The maximum absolute atomic E-state index is 10.1. The molecule has 0 aromatic carbocycles. The van der Waals surface area contributed by atoms with E-state index < -0.39 is 10.8 Å². The summed E-state index contributed by atoms with van der Waals surface area (Å²) in [4.78, 5) is 9.54. The summed E-state index contributed by atoms with van der Waals surface area (Å²) in [5.41, 5.74) is 0. The van der Waals surface area contributed by atoms with E-state index in [1.807, 2.05) is 0 Å². The number of carboxylic acids is 1. The fourth-order valence-corrected chi connectivity index (χ4v) is 1.52. The number of carbonyl (C=O) groups is 1. The molecule has 0 bridgehead atoms. The van der Waals surface area contributed by atoms with Crippen molar-refractivity contribution in [1.29, 1.82) is 0 Å². The van der Waals surface area contributed by atoms with Gasteiger partial charge in [-0.3, -0.25) is 4.79 Å². The van der Waals surface area contributed by atoms with Gasteiger partial charge in [-0.2, -0.15) is 0 Å². The van der Waals surface area contributed by atoms with Crippen LogP contribution >= 0.6 is 34.8 Å². The van der Waals surface area contributed by atoms with E-state index in [-0.39, 0.29) is 12.3 Å². The molecule has 0 aliphatic carbocycles. The number of rotatable bonds is 5. The van der Waals surface area contributed by atoms with Gasteiger partial charge in [-0.15, -0.1) is 34.8 Å². The molecule has 0 fully saturated rings. The van der Waals surface area contributed by atoms with E-state index in [1.54, 1.807) is 0 Å². The van der Waals surface area contributed by atoms with Gasteiger partial charge in [0.25, 0.3) is 0 Å². The molecule has 0 spiro atoms. The van der Waals surface area contributed by atoms with E-state index in [4.69, 9.17) is 39.9 Å². The second kappa shape index (κ2) is 5.92. The lowest BCUT2D eigenvalue weighted by Crippen LogP contribution is -2.12. The van der Waals surface area contributed by atoms with Gasteiger partial charge in [0.15, 0.2) is 0 Å². The van der Waals surface area contributed by atoms with Crippen molar-refractivity contribution in [2.45, 2.75) is 17.7 Å². The Balaban J connectivity index is 3.61. The van der Waals surface area contributed by atoms with Gasteiger partial charge >= 0.3 is 5.97 Å². The Kier molecular flexibility index (Phi) is 6.11. The molecule has 11 heavy (non-hydrogen) atoms. The Labute approximate surface area is 80.4 Å². The molecule has 2 nitrogen and oxygen atoms in total. The van der Waals surface area contributed by atoms with Crippen molar-refractivity contribution in [1.82, 2.24) is 0 Å². The van der Waals surface area contributed by atoms with Gasteiger partial charge in [-0.25, -0.2) is 0 Å². The lowest BCUT2D eigenvalue weighted by Gasteiger charge is -2.12. The van der Waals surface area contributed by atoms with Crippen molar-refractivity contribution in [3.63, 3.8) is 0 Å². The number of hydrogen-bond donors (Lipinski definition) is 1. The van der Waals surface area contributed by atoms with Crippen LogP contribution in [0, 0.1) is 5.92 Å². The molecule has 1 N–H and O–H groups in total. The van der Waals surface area contributed by atoms with Gasteiger partial charge < -0.3 is 5.11 Å². The fraction of sp³-hybridized carbons (Fsp3) is 0.833. The van der Waals surface area contributed by atoms with E-state index in [2.05, 4.69) is 0 Å². The zero-order valence-corrected chi connectivity index (χ0v) is 8.03. The average molecular weight is 219 g/mol. The average Bonchev–Trinajstić information content (AvgIpc) is 1.87. The Morgan fingerprint density at radius 1 is 1.45 bits per heavy atom. The molecule has 0 heterocycles. The first-order valence-electron chi connectivity index (χ1n) is 3.13. The number of hydrogen-bond acceptors (Lipinski definition) is 1. The van der Waals surface area contributed by atoms with Crippen molar-refractivity contribution < 1.29 is 9.90 Å². The monoisotopic (exact) mass is 218 g/mol. The van der Waals surface area contributed by atoms with Crippen LogP contribution in [-0.2, 0) is 4.79 Å². The minimum absolute atomic E-state index is 0.0628. The first kappa shape index (κ1) is 11.3. The van der Waals surface area contributed by atoms with Crippen LogP contribution in [0.25, 0.3) is 0 Å². The summed E-state index contributed by atoms with van der Waals surface area (Å²) < 4.78 is 0. The standard InChI is InChI=1S/C6H9Cl3O2/c7-3-4(6(8)9)1-2-5(10)11/h4,6H,1-3H2,(H,10,11). The molecule has 1 unspecified atom stereocenters. The topological polar surface area (TPSA) is 37.3 Å². The first-order valence-corrected chi connectivity index (χ1v) is 4.54. The highest BCUT2D eigenvalue weighted by Crippen LogP contribution is 2.21. The third kappa shape index (κ3) is 5.59. The molecule has 0 saturated carbocycles. The SMILES string of the molecule is O=C(O)CCC(CCl)C(Cl)Cl. The van der Waals surface area contributed by atoms with Gasteiger partial charge in [0.2, 0.25) is 0 Å². The lowest BCUT2D eigenvalue weighted by molar-refractivity contribution is -0.137. The van der Waals surface area contributed by atoms with Gasteiger partial charge in [0.1, 0.15) is 4.84 Å². The molecule has 1 atom stereocenters. The minimum Gasteiger partial charge on any atom is -0.481 e. The normalized spacial score (nSPS) is 13.5. The highest BCUT2D eigenvalue weighted by molar-refractivity contribution is 6.44. The fourth-order valence-electron chi connectivity index (χ4n) is 0.579. The summed E-state index contributed by atoms with van der Waals surface area (Å²) in [6, 6.07) is 0. The molecule has 66 valence electrons. The Morgan fingerprint density at radius 2 is 2.00 bits per heavy atom. The Bertz CT molecular complexity index is 127. The quantitative estimate of drug-likeness (QED) is 0.722. The predicted molar refractivity (Wildman–Crippen MR) is 46.6 cm³/mol. The van der Waals surface area contributed by atoms with Crippen LogP contribution in [0.5, 0.6) is 0 Å². The molecule has 0 aliphatic heterocycles. The molecule has 0 radical (unpaired) electrons. The summed E-state index contributed by atoms with van der Waals surface area (Å²) in [5.74, 6) is -0.685. The molecule has 0 saturated heterocycles. The Hall–Kier alpha value is 0.340. The van der Waals surface area contributed by atoms with Crippen molar-refractivity contribution >= 4 is 40.8 Å². The number of carboxylic acid groups (broad SMARTS) is 1. The van der Waals surface area contributed by atoms with Crippen molar-refractivity contribution in [2.75, 3.05) is 5.88 Å². The molecular weight excluding hydrogens is 210 g/mol. The number of aliphatic carboxylic acids is 1. The summed E-state index contributed by atoms with van der Waals surface area (Å²) in [7, 11) is 0. The molecule has 0 aliphatic rings. The van der Waals surface area contributed by atoms with Crippen LogP contribution in [-0.4, -0.2) is 21.8 Å². The molecule has 0 amide bonds. The molecule has 5 heteroatoms. The highest BCUT2D eigenvalue weighted by atomic mass is 35.5. The summed E-state index contributed by atoms with van der Waals surface area (Å²) in [6.45, 7) is 0. The van der Waals surface area contributed by atoms with Crippen molar-refractivity contribution in [2.24, 2.45) is 5.92 Å². The van der Waals surface area contributed by atoms with E-state index in [0.29, 0.717) is 12.3 Å². The zero-order chi connectivity index (χ0) is 8.85. The summed E-state index contributed by atoms with van der Waals surface area (Å²) in [6.07, 6.45) is 0.490. The van der Waals surface area contributed by atoms with Crippen LogP contribution in [0.1, 0.15) is 12.8 Å². The summed E-state index contributed by atoms with van der Waals surface area (Å²) >= 11 is 16.5. The minimum atomic E-state index is -0.853. The molecule has 0 aromatic rings. The van der Waals surface area contributed by atoms with Crippen LogP contribution < -0.4 is 0 Å². The number of halogens is 3. The van der Waals surface area contributed by atoms with Gasteiger partial charge in [-0.1, -0.05) is 0 Å². The second-order valence-electron chi connectivity index (χ2n) is 2.18. The van der Waals surface area contributed by atoms with E-state index in [9.17, 15) is 4.79 Å². The van der Waals surface area contributed by atoms with Crippen LogP contribution in [0.15, 0.2) is 0 Å². The van der Waals surface area contributed by atoms with Gasteiger partial charge in [-0.05, 0) is 6.42 Å². The van der Waals surface area contributed by atoms with Gasteiger partial charge in [0.05, 0.1) is 0 Å². The summed E-state index contributed by atoms with van der Waals surface area (Å²) in [5, 5.41) is 8.31. The van der Waals surface area contributed by atoms with Crippen molar-refractivity contribution in [3.05, 3.63) is 0 Å². The molecular formula is C6H9Cl3O2. The number of alkyl halides is 3.